The molecule has 1 amide bonds. The minimum Gasteiger partial charge on any atom is -0.381 e. The lowest BCUT2D eigenvalue weighted by Gasteiger charge is -2.31. The van der Waals surface area contributed by atoms with Crippen LogP contribution in [0, 0.1) is 5.92 Å². The van der Waals surface area contributed by atoms with Crippen molar-refractivity contribution < 1.29 is 9.53 Å². The van der Waals surface area contributed by atoms with Crippen molar-refractivity contribution in [2.75, 3.05) is 25.1 Å². The van der Waals surface area contributed by atoms with Crippen LogP contribution in [0.1, 0.15) is 26.7 Å². The molecule has 1 heterocycles. The van der Waals surface area contributed by atoms with Crippen molar-refractivity contribution in [2.45, 2.75) is 32.7 Å². The van der Waals surface area contributed by atoms with Gasteiger partial charge in [-0.25, -0.2) is 0 Å². The lowest BCUT2D eigenvalue weighted by Crippen LogP contribution is -2.43. The summed E-state index contributed by atoms with van der Waals surface area (Å²) in [7, 11) is 0. The first kappa shape index (κ1) is 13.0. The lowest BCUT2D eigenvalue weighted by atomic mass is 9.98. The largest absolute Gasteiger partial charge is 0.381 e. The van der Waals surface area contributed by atoms with Gasteiger partial charge in [0, 0.05) is 37.0 Å². The van der Waals surface area contributed by atoms with Crippen LogP contribution in [-0.4, -0.2) is 41.9 Å². The zero-order chi connectivity index (χ0) is 11.3. The van der Waals surface area contributed by atoms with Crippen molar-refractivity contribution in [3.05, 3.63) is 0 Å². The maximum atomic E-state index is 12.2. The van der Waals surface area contributed by atoms with Crippen LogP contribution < -0.4 is 0 Å². The fourth-order valence-corrected chi connectivity index (χ4v) is 2.28. The topological polar surface area (TPSA) is 29.5 Å². The minimum absolute atomic E-state index is 0.181. The molecule has 0 unspecified atom stereocenters. The van der Waals surface area contributed by atoms with E-state index in [4.69, 9.17) is 4.74 Å². The summed E-state index contributed by atoms with van der Waals surface area (Å²) in [6, 6.07) is 0.290. The standard InChI is InChI=1S/C11H20BrNO2/c1-9(2)13(6-5-12)11(14)10-3-7-15-8-4-10/h9-10H,3-8H2,1-2H3. The molecule has 1 aliphatic heterocycles. The number of halogens is 1. The van der Waals surface area contributed by atoms with E-state index < -0.39 is 0 Å². The quantitative estimate of drug-likeness (QED) is 0.737. The Balaban J connectivity index is 2.53. The van der Waals surface area contributed by atoms with Gasteiger partial charge >= 0.3 is 0 Å². The van der Waals surface area contributed by atoms with Crippen LogP contribution in [0.3, 0.4) is 0 Å². The SMILES string of the molecule is CC(C)N(CCBr)C(=O)C1CCOCC1. The number of hydrogen-bond acceptors (Lipinski definition) is 2. The first-order valence-electron chi connectivity index (χ1n) is 5.61. The van der Waals surface area contributed by atoms with Gasteiger partial charge in [-0.3, -0.25) is 4.79 Å². The summed E-state index contributed by atoms with van der Waals surface area (Å²) in [5, 5.41) is 0.847. The van der Waals surface area contributed by atoms with E-state index in [9.17, 15) is 4.79 Å². The molecule has 0 radical (unpaired) electrons. The first-order chi connectivity index (χ1) is 7.16. The number of hydrogen-bond donors (Lipinski definition) is 0. The number of rotatable bonds is 4. The maximum Gasteiger partial charge on any atom is 0.226 e. The van der Waals surface area contributed by atoms with Gasteiger partial charge in [0.25, 0.3) is 0 Å². The number of amides is 1. The molecule has 0 N–H and O–H groups in total. The Morgan fingerprint density at radius 3 is 2.53 bits per heavy atom. The number of nitrogens with zero attached hydrogens (tertiary/aromatic N) is 1. The fraction of sp³-hybridized carbons (Fsp3) is 0.909. The summed E-state index contributed by atoms with van der Waals surface area (Å²) in [6.45, 7) is 6.40. The molecule has 0 saturated carbocycles. The zero-order valence-electron chi connectivity index (χ0n) is 9.54. The van der Waals surface area contributed by atoms with E-state index in [1.54, 1.807) is 0 Å². The molecule has 88 valence electrons. The average molecular weight is 278 g/mol. The van der Waals surface area contributed by atoms with E-state index in [0.717, 1.165) is 37.9 Å². The molecule has 1 aliphatic rings. The molecule has 1 rings (SSSR count). The van der Waals surface area contributed by atoms with Crippen molar-refractivity contribution in [2.24, 2.45) is 5.92 Å². The summed E-state index contributed by atoms with van der Waals surface area (Å²) in [5.74, 6) is 0.480. The fourth-order valence-electron chi connectivity index (χ4n) is 1.89. The molecule has 1 saturated heterocycles. The Hall–Kier alpha value is -0.0900. The van der Waals surface area contributed by atoms with Gasteiger partial charge in [0.15, 0.2) is 0 Å². The highest BCUT2D eigenvalue weighted by molar-refractivity contribution is 9.09. The van der Waals surface area contributed by atoms with Gasteiger partial charge in [0.2, 0.25) is 5.91 Å². The van der Waals surface area contributed by atoms with Gasteiger partial charge in [0.1, 0.15) is 0 Å². The summed E-state index contributed by atoms with van der Waals surface area (Å²) < 4.78 is 5.27. The highest BCUT2D eigenvalue weighted by Gasteiger charge is 2.27. The molecule has 0 bridgehead atoms. The van der Waals surface area contributed by atoms with Crippen LogP contribution in [0.25, 0.3) is 0 Å². The molecule has 4 heteroatoms. The van der Waals surface area contributed by atoms with Crippen LogP contribution in [0.2, 0.25) is 0 Å². The lowest BCUT2D eigenvalue weighted by molar-refractivity contribution is -0.139. The predicted molar refractivity (Wildman–Crippen MR) is 64.2 cm³/mol. The third-order valence-corrected chi connectivity index (χ3v) is 3.16. The minimum atomic E-state index is 0.181. The van der Waals surface area contributed by atoms with Crippen molar-refractivity contribution >= 4 is 21.8 Å². The van der Waals surface area contributed by atoms with Crippen LogP contribution in [0.15, 0.2) is 0 Å². The maximum absolute atomic E-state index is 12.2. The third kappa shape index (κ3) is 3.76. The van der Waals surface area contributed by atoms with Crippen molar-refractivity contribution in [1.82, 2.24) is 4.90 Å². The normalized spacial score (nSPS) is 18.1. The second kappa shape index (κ2) is 6.48. The molecule has 0 spiro atoms. The van der Waals surface area contributed by atoms with Crippen LogP contribution in [0.4, 0.5) is 0 Å². The predicted octanol–water partition coefficient (Wildman–Crippen LogP) is 2.04. The van der Waals surface area contributed by atoms with Crippen molar-refractivity contribution in [3.8, 4) is 0 Å². The van der Waals surface area contributed by atoms with E-state index in [0.29, 0.717) is 5.91 Å². The summed E-state index contributed by atoms with van der Waals surface area (Å²) in [5.41, 5.74) is 0. The third-order valence-electron chi connectivity index (χ3n) is 2.80. The molecular weight excluding hydrogens is 258 g/mol. The number of carbonyl (C=O) groups is 1. The second-order valence-electron chi connectivity index (χ2n) is 4.20. The van der Waals surface area contributed by atoms with Gasteiger partial charge < -0.3 is 9.64 Å². The van der Waals surface area contributed by atoms with Crippen molar-refractivity contribution in [3.63, 3.8) is 0 Å². The van der Waals surface area contributed by atoms with E-state index in [-0.39, 0.29) is 12.0 Å². The van der Waals surface area contributed by atoms with Gasteiger partial charge in [-0.2, -0.15) is 0 Å². The Labute approximate surface area is 100 Å². The first-order valence-corrected chi connectivity index (χ1v) is 6.73. The Bertz CT molecular complexity index is 203. The van der Waals surface area contributed by atoms with Gasteiger partial charge in [-0.05, 0) is 26.7 Å². The van der Waals surface area contributed by atoms with Crippen molar-refractivity contribution in [1.29, 1.82) is 0 Å². The van der Waals surface area contributed by atoms with Gasteiger partial charge in [-0.1, -0.05) is 15.9 Å². The molecule has 0 atom stereocenters. The molecule has 0 aromatic carbocycles. The average Bonchev–Trinajstić information content (AvgIpc) is 2.26. The van der Waals surface area contributed by atoms with E-state index in [2.05, 4.69) is 29.8 Å². The molecular formula is C11H20BrNO2. The highest BCUT2D eigenvalue weighted by Crippen LogP contribution is 2.18. The Kier molecular flexibility index (Phi) is 5.61. The number of alkyl halides is 1. The van der Waals surface area contributed by atoms with E-state index in [1.165, 1.54) is 0 Å². The van der Waals surface area contributed by atoms with Crippen LogP contribution >= 0.6 is 15.9 Å². The Morgan fingerprint density at radius 1 is 1.47 bits per heavy atom. The Morgan fingerprint density at radius 2 is 2.07 bits per heavy atom. The molecule has 1 fully saturated rings. The second-order valence-corrected chi connectivity index (χ2v) is 4.99. The zero-order valence-corrected chi connectivity index (χ0v) is 11.1. The van der Waals surface area contributed by atoms with Gasteiger partial charge in [0.05, 0.1) is 0 Å². The smallest absolute Gasteiger partial charge is 0.226 e. The van der Waals surface area contributed by atoms with E-state index >= 15 is 0 Å². The molecule has 0 aromatic heterocycles. The van der Waals surface area contributed by atoms with Crippen LogP contribution in [0.5, 0.6) is 0 Å². The summed E-state index contributed by atoms with van der Waals surface area (Å²) in [4.78, 5) is 14.1. The van der Waals surface area contributed by atoms with Gasteiger partial charge in [-0.15, -0.1) is 0 Å². The van der Waals surface area contributed by atoms with E-state index in [1.807, 2.05) is 4.90 Å². The molecule has 3 nitrogen and oxygen atoms in total. The number of carbonyl (C=O) groups excluding carboxylic acids is 1. The summed E-state index contributed by atoms with van der Waals surface area (Å²) >= 11 is 3.39. The highest BCUT2D eigenvalue weighted by atomic mass is 79.9. The molecule has 0 aromatic rings. The van der Waals surface area contributed by atoms with Crippen LogP contribution in [-0.2, 0) is 9.53 Å². The molecule has 15 heavy (non-hydrogen) atoms. The monoisotopic (exact) mass is 277 g/mol. The molecule has 0 aliphatic carbocycles. The summed E-state index contributed by atoms with van der Waals surface area (Å²) in [6.07, 6.45) is 1.76. The number of ether oxygens (including phenoxy) is 1.